The molecule has 1 aliphatic rings. The molecule has 0 aromatic rings. The maximum Gasteiger partial charge on any atom is 0.0155 e. The van der Waals surface area contributed by atoms with Crippen molar-refractivity contribution in [1.82, 2.24) is 4.90 Å². The van der Waals surface area contributed by atoms with Gasteiger partial charge in [-0.1, -0.05) is 13.8 Å². The number of hydrogen-bond acceptors (Lipinski definition) is 2. The lowest BCUT2D eigenvalue weighted by molar-refractivity contribution is 0.0880. The van der Waals surface area contributed by atoms with Gasteiger partial charge in [0, 0.05) is 6.04 Å². The summed E-state index contributed by atoms with van der Waals surface area (Å²) < 4.78 is 0. The highest BCUT2D eigenvalue weighted by Crippen LogP contribution is 2.26. The van der Waals surface area contributed by atoms with Gasteiger partial charge < -0.3 is 10.6 Å². The lowest BCUT2D eigenvalue weighted by Gasteiger charge is -2.41. The average molecular weight is 170 g/mol. The van der Waals surface area contributed by atoms with Crippen molar-refractivity contribution < 1.29 is 0 Å². The van der Waals surface area contributed by atoms with E-state index in [1.165, 1.54) is 19.4 Å². The fraction of sp³-hybridized carbons (Fsp3) is 1.00. The van der Waals surface area contributed by atoms with Crippen LogP contribution in [0.25, 0.3) is 0 Å². The highest BCUT2D eigenvalue weighted by molar-refractivity contribution is 4.84. The highest BCUT2D eigenvalue weighted by Gasteiger charge is 2.29. The van der Waals surface area contributed by atoms with Crippen molar-refractivity contribution in [3.8, 4) is 0 Å². The van der Waals surface area contributed by atoms with Crippen LogP contribution in [0.1, 0.15) is 26.7 Å². The first-order chi connectivity index (χ1) is 5.66. The van der Waals surface area contributed by atoms with Crippen molar-refractivity contribution in [3.05, 3.63) is 0 Å². The summed E-state index contributed by atoms with van der Waals surface area (Å²) in [6.07, 6.45) is 2.64. The lowest BCUT2D eigenvalue weighted by atomic mass is 9.83. The van der Waals surface area contributed by atoms with Crippen molar-refractivity contribution in [2.24, 2.45) is 17.6 Å². The van der Waals surface area contributed by atoms with E-state index in [4.69, 9.17) is 5.73 Å². The summed E-state index contributed by atoms with van der Waals surface area (Å²) in [5.41, 5.74) is 5.77. The van der Waals surface area contributed by atoms with Gasteiger partial charge in [-0.15, -0.1) is 0 Å². The van der Waals surface area contributed by atoms with E-state index in [1.807, 2.05) is 0 Å². The summed E-state index contributed by atoms with van der Waals surface area (Å²) in [5, 5.41) is 0. The fourth-order valence-corrected chi connectivity index (χ4v) is 2.59. The minimum atomic E-state index is 0.712. The van der Waals surface area contributed by atoms with Crippen LogP contribution in [0.15, 0.2) is 0 Å². The first kappa shape index (κ1) is 10.0. The zero-order chi connectivity index (χ0) is 9.14. The third-order valence-corrected chi connectivity index (χ3v) is 3.06. The summed E-state index contributed by atoms with van der Waals surface area (Å²) in [4.78, 5) is 2.48. The molecule has 1 heterocycles. The van der Waals surface area contributed by atoms with Crippen LogP contribution in [-0.4, -0.2) is 31.1 Å². The summed E-state index contributed by atoms with van der Waals surface area (Å²) in [5.74, 6) is 1.47. The number of hydrogen-bond donors (Lipinski definition) is 1. The average Bonchev–Trinajstić information content (AvgIpc) is 2.03. The molecule has 0 spiro atoms. The maximum atomic E-state index is 5.77. The molecule has 1 aliphatic heterocycles. The molecule has 2 nitrogen and oxygen atoms in total. The SMILES string of the molecule is CC(C)[C@@H]1[C@@H](CN)CCCN1C. The molecule has 1 rings (SSSR count). The summed E-state index contributed by atoms with van der Waals surface area (Å²) in [7, 11) is 2.23. The fourth-order valence-electron chi connectivity index (χ4n) is 2.59. The van der Waals surface area contributed by atoms with Gasteiger partial charge in [0.1, 0.15) is 0 Å². The summed E-state index contributed by atoms with van der Waals surface area (Å²) >= 11 is 0. The Morgan fingerprint density at radius 2 is 2.17 bits per heavy atom. The molecule has 1 saturated heterocycles. The van der Waals surface area contributed by atoms with Crippen LogP contribution >= 0.6 is 0 Å². The van der Waals surface area contributed by atoms with Gasteiger partial charge in [0.15, 0.2) is 0 Å². The second-order valence-corrected chi connectivity index (χ2v) is 4.35. The molecule has 0 saturated carbocycles. The molecular formula is C10H22N2. The van der Waals surface area contributed by atoms with Gasteiger partial charge in [0.2, 0.25) is 0 Å². The van der Waals surface area contributed by atoms with Gasteiger partial charge in [0.05, 0.1) is 0 Å². The van der Waals surface area contributed by atoms with E-state index in [-0.39, 0.29) is 0 Å². The van der Waals surface area contributed by atoms with Crippen LogP contribution in [0, 0.1) is 11.8 Å². The molecule has 0 aromatic carbocycles. The number of nitrogens with zero attached hydrogens (tertiary/aromatic N) is 1. The van der Waals surface area contributed by atoms with Crippen LogP contribution in [0.2, 0.25) is 0 Å². The van der Waals surface area contributed by atoms with Gasteiger partial charge in [-0.3, -0.25) is 0 Å². The largest absolute Gasteiger partial charge is 0.330 e. The van der Waals surface area contributed by atoms with E-state index in [1.54, 1.807) is 0 Å². The molecule has 0 aliphatic carbocycles. The Labute approximate surface area is 76.1 Å². The van der Waals surface area contributed by atoms with Crippen molar-refractivity contribution >= 4 is 0 Å². The number of piperidine rings is 1. The molecule has 1 fully saturated rings. The van der Waals surface area contributed by atoms with E-state index >= 15 is 0 Å². The molecule has 2 atom stereocenters. The first-order valence-corrected chi connectivity index (χ1v) is 5.07. The first-order valence-electron chi connectivity index (χ1n) is 5.07. The second-order valence-electron chi connectivity index (χ2n) is 4.35. The molecule has 12 heavy (non-hydrogen) atoms. The third kappa shape index (κ3) is 1.99. The Morgan fingerprint density at radius 1 is 1.50 bits per heavy atom. The van der Waals surface area contributed by atoms with E-state index in [9.17, 15) is 0 Å². The van der Waals surface area contributed by atoms with Crippen molar-refractivity contribution in [2.75, 3.05) is 20.1 Å². The number of nitrogens with two attached hydrogens (primary N) is 1. The molecule has 0 unspecified atom stereocenters. The van der Waals surface area contributed by atoms with Crippen LogP contribution in [-0.2, 0) is 0 Å². The summed E-state index contributed by atoms with van der Waals surface area (Å²) in [6, 6.07) is 0.712. The smallest absolute Gasteiger partial charge is 0.0155 e. The molecule has 0 bridgehead atoms. The molecular weight excluding hydrogens is 148 g/mol. The molecule has 0 aromatic heterocycles. The van der Waals surface area contributed by atoms with E-state index < -0.39 is 0 Å². The zero-order valence-corrected chi connectivity index (χ0v) is 8.59. The Hall–Kier alpha value is -0.0800. The molecule has 2 N–H and O–H groups in total. The van der Waals surface area contributed by atoms with Crippen molar-refractivity contribution in [3.63, 3.8) is 0 Å². The third-order valence-electron chi connectivity index (χ3n) is 3.06. The van der Waals surface area contributed by atoms with Crippen molar-refractivity contribution in [2.45, 2.75) is 32.7 Å². The monoisotopic (exact) mass is 170 g/mol. The Morgan fingerprint density at radius 3 is 2.58 bits per heavy atom. The predicted octanol–water partition coefficient (Wildman–Crippen LogP) is 1.31. The van der Waals surface area contributed by atoms with Gasteiger partial charge in [-0.2, -0.15) is 0 Å². The molecule has 2 heteroatoms. The Kier molecular flexibility index (Phi) is 3.53. The van der Waals surface area contributed by atoms with Crippen molar-refractivity contribution in [1.29, 1.82) is 0 Å². The quantitative estimate of drug-likeness (QED) is 0.677. The van der Waals surface area contributed by atoms with Gasteiger partial charge in [0.25, 0.3) is 0 Å². The topological polar surface area (TPSA) is 29.3 Å². The van der Waals surface area contributed by atoms with Crippen LogP contribution in [0.5, 0.6) is 0 Å². The maximum absolute atomic E-state index is 5.77. The van der Waals surface area contributed by atoms with Crippen LogP contribution < -0.4 is 5.73 Å². The Balaban J connectivity index is 2.59. The van der Waals surface area contributed by atoms with E-state index in [0.717, 1.165) is 18.4 Å². The van der Waals surface area contributed by atoms with Gasteiger partial charge in [-0.05, 0) is 44.8 Å². The van der Waals surface area contributed by atoms with Gasteiger partial charge in [-0.25, -0.2) is 0 Å². The second kappa shape index (κ2) is 4.24. The minimum absolute atomic E-state index is 0.712. The minimum Gasteiger partial charge on any atom is -0.330 e. The summed E-state index contributed by atoms with van der Waals surface area (Å²) in [6.45, 7) is 6.71. The highest BCUT2D eigenvalue weighted by atomic mass is 15.1. The Bertz CT molecular complexity index is 134. The molecule has 0 amide bonds. The zero-order valence-electron chi connectivity index (χ0n) is 8.59. The van der Waals surface area contributed by atoms with E-state index in [0.29, 0.717) is 6.04 Å². The standard InChI is InChI=1S/C10H22N2/c1-8(2)10-9(7-11)5-4-6-12(10)3/h8-10H,4-7,11H2,1-3H3/t9-,10-/m1/s1. The molecule has 0 radical (unpaired) electrons. The van der Waals surface area contributed by atoms with Crippen LogP contribution in [0.3, 0.4) is 0 Å². The normalized spacial score (nSPS) is 32.8. The van der Waals surface area contributed by atoms with Crippen LogP contribution in [0.4, 0.5) is 0 Å². The predicted molar refractivity (Wildman–Crippen MR) is 53.0 cm³/mol. The van der Waals surface area contributed by atoms with E-state index in [2.05, 4.69) is 25.8 Å². The molecule has 72 valence electrons. The number of likely N-dealkylation sites (tertiary alicyclic amines) is 1. The lowest BCUT2D eigenvalue weighted by Crippen LogP contribution is -2.48. The number of rotatable bonds is 2. The van der Waals surface area contributed by atoms with Gasteiger partial charge >= 0.3 is 0 Å².